The van der Waals surface area contributed by atoms with E-state index in [9.17, 15) is 9.59 Å². The Hall–Kier alpha value is -2.70. The lowest BCUT2D eigenvalue weighted by Gasteiger charge is -2.19. The summed E-state index contributed by atoms with van der Waals surface area (Å²) in [5.74, 6) is 0.922. The number of esters is 1. The van der Waals surface area contributed by atoms with Gasteiger partial charge >= 0.3 is 12.1 Å². The van der Waals surface area contributed by atoms with Crippen molar-refractivity contribution in [2.24, 2.45) is 0 Å². The first-order valence-electron chi connectivity index (χ1n) is 8.55. The van der Waals surface area contributed by atoms with Crippen molar-refractivity contribution in [2.45, 2.75) is 32.8 Å². The molecule has 1 amide bonds. The molecule has 0 aliphatic carbocycles. The van der Waals surface area contributed by atoms with E-state index in [2.05, 4.69) is 5.32 Å². The minimum Gasteiger partial charge on any atom is -0.486 e. The Morgan fingerprint density at radius 1 is 1.19 bits per heavy atom. The monoisotopic (exact) mass is 363 g/mol. The van der Waals surface area contributed by atoms with Crippen molar-refractivity contribution in [1.82, 2.24) is 5.32 Å². The second-order valence-electron chi connectivity index (χ2n) is 6.69. The van der Waals surface area contributed by atoms with Crippen LogP contribution in [0.5, 0.6) is 11.5 Å². The van der Waals surface area contributed by atoms with Crippen LogP contribution in [0.4, 0.5) is 4.79 Å². The molecule has 0 aromatic heterocycles. The van der Waals surface area contributed by atoms with E-state index < -0.39 is 17.7 Å². The van der Waals surface area contributed by atoms with Crippen LogP contribution < -0.4 is 14.8 Å². The van der Waals surface area contributed by atoms with Gasteiger partial charge in [0.25, 0.3) is 0 Å². The number of benzene rings is 1. The summed E-state index contributed by atoms with van der Waals surface area (Å²) in [7, 11) is 0. The van der Waals surface area contributed by atoms with Crippen LogP contribution in [0.3, 0.4) is 0 Å². The minimum atomic E-state index is -0.533. The third-order valence-electron chi connectivity index (χ3n) is 3.21. The number of amides is 1. The first-order valence-corrected chi connectivity index (χ1v) is 8.55. The van der Waals surface area contributed by atoms with E-state index >= 15 is 0 Å². The van der Waals surface area contributed by atoms with Gasteiger partial charge in [0.1, 0.15) is 18.8 Å². The summed E-state index contributed by atoms with van der Waals surface area (Å²) in [6.07, 6.45) is 3.03. The van der Waals surface area contributed by atoms with Crippen molar-refractivity contribution < 1.29 is 28.5 Å². The summed E-state index contributed by atoms with van der Waals surface area (Å²) in [6, 6.07) is 5.45. The SMILES string of the molecule is CC(C)(C)OC(=O)NCCCOC(=O)/C=C/c1ccc2c(c1)OCCO2. The van der Waals surface area contributed by atoms with Crippen molar-refractivity contribution >= 4 is 18.1 Å². The summed E-state index contributed by atoms with van der Waals surface area (Å²) in [5.41, 5.74) is 0.285. The van der Waals surface area contributed by atoms with E-state index in [1.165, 1.54) is 6.08 Å². The Morgan fingerprint density at radius 3 is 2.65 bits per heavy atom. The Balaban J connectivity index is 1.66. The number of alkyl carbamates (subject to hydrolysis) is 1. The fourth-order valence-electron chi connectivity index (χ4n) is 2.13. The standard InChI is InChI=1S/C19H25NO6/c1-19(2,3)26-18(22)20-9-4-10-25-17(21)8-6-14-5-7-15-16(13-14)24-12-11-23-15/h5-8,13H,4,9-12H2,1-3H3,(H,20,22)/b8-6+. The average molecular weight is 363 g/mol. The molecule has 0 spiro atoms. The summed E-state index contributed by atoms with van der Waals surface area (Å²) >= 11 is 0. The second kappa shape index (κ2) is 9.12. The number of hydrogen-bond donors (Lipinski definition) is 1. The Kier molecular flexibility index (Phi) is 6.89. The number of fused-ring (bicyclic) bond motifs is 1. The van der Waals surface area contributed by atoms with Gasteiger partial charge in [0.15, 0.2) is 11.5 Å². The van der Waals surface area contributed by atoms with Crippen molar-refractivity contribution in [3.05, 3.63) is 29.8 Å². The van der Waals surface area contributed by atoms with Gasteiger partial charge in [-0.05, 0) is 51.0 Å². The van der Waals surface area contributed by atoms with Crippen LogP contribution in [0.1, 0.15) is 32.8 Å². The van der Waals surface area contributed by atoms with E-state index in [0.717, 1.165) is 5.56 Å². The summed E-state index contributed by atoms with van der Waals surface area (Å²) in [4.78, 5) is 23.2. The maximum absolute atomic E-state index is 11.7. The fourth-order valence-corrected chi connectivity index (χ4v) is 2.13. The van der Waals surface area contributed by atoms with Crippen LogP contribution in [-0.4, -0.2) is 44.0 Å². The fraction of sp³-hybridized carbons (Fsp3) is 0.474. The van der Waals surface area contributed by atoms with Gasteiger partial charge in [-0.3, -0.25) is 0 Å². The molecule has 0 bridgehead atoms. The number of carbonyl (C=O) groups excluding carboxylic acids is 2. The number of carbonyl (C=O) groups is 2. The van der Waals surface area contributed by atoms with E-state index in [1.807, 2.05) is 18.2 Å². The molecule has 2 rings (SSSR count). The van der Waals surface area contributed by atoms with Gasteiger partial charge in [0, 0.05) is 12.6 Å². The molecule has 1 aliphatic heterocycles. The molecule has 0 fully saturated rings. The van der Waals surface area contributed by atoms with Crippen LogP contribution in [0.15, 0.2) is 24.3 Å². The van der Waals surface area contributed by atoms with Gasteiger partial charge < -0.3 is 24.3 Å². The molecule has 26 heavy (non-hydrogen) atoms. The van der Waals surface area contributed by atoms with Crippen LogP contribution in [0.25, 0.3) is 6.08 Å². The molecular weight excluding hydrogens is 338 g/mol. The molecule has 142 valence electrons. The maximum Gasteiger partial charge on any atom is 0.407 e. The molecule has 0 saturated carbocycles. The van der Waals surface area contributed by atoms with Gasteiger partial charge in [-0.2, -0.15) is 0 Å². The smallest absolute Gasteiger partial charge is 0.407 e. The van der Waals surface area contributed by atoms with Crippen LogP contribution >= 0.6 is 0 Å². The van der Waals surface area contributed by atoms with Crippen molar-refractivity contribution in [3.8, 4) is 11.5 Å². The first kappa shape index (κ1) is 19.6. The lowest BCUT2D eigenvalue weighted by Crippen LogP contribution is -2.33. The van der Waals surface area contributed by atoms with Crippen molar-refractivity contribution in [2.75, 3.05) is 26.4 Å². The van der Waals surface area contributed by atoms with E-state index in [0.29, 0.717) is 37.7 Å². The van der Waals surface area contributed by atoms with Gasteiger partial charge in [-0.25, -0.2) is 9.59 Å². The normalized spacial score (nSPS) is 13.3. The number of hydrogen-bond acceptors (Lipinski definition) is 6. The molecule has 0 saturated heterocycles. The zero-order valence-electron chi connectivity index (χ0n) is 15.4. The average Bonchev–Trinajstić information content (AvgIpc) is 2.58. The molecule has 7 nitrogen and oxygen atoms in total. The summed E-state index contributed by atoms with van der Waals surface area (Å²) in [6.45, 7) is 7.01. The van der Waals surface area contributed by atoms with Gasteiger partial charge in [-0.1, -0.05) is 6.07 Å². The van der Waals surface area contributed by atoms with Crippen molar-refractivity contribution in [1.29, 1.82) is 0 Å². The van der Waals surface area contributed by atoms with Crippen LogP contribution in [-0.2, 0) is 14.3 Å². The van der Waals surface area contributed by atoms with Gasteiger partial charge in [0.05, 0.1) is 6.61 Å². The number of nitrogens with one attached hydrogen (secondary N) is 1. The molecule has 7 heteroatoms. The molecule has 0 atom stereocenters. The molecular formula is C19H25NO6. The van der Waals surface area contributed by atoms with Crippen LogP contribution in [0.2, 0.25) is 0 Å². The largest absolute Gasteiger partial charge is 0.486 e. The van der Waals surface area contributed by atoms with E-state index in [1.54, 1.807) is 26.8 Å². The van der Waals surface area contributed by atoms with Crippen LogP contribution in [0, 0.1) is 0 Å². The molecule has 1 aliphatic rings. The van der Waals surface area contributed by atoms with Crippen molar-refractivity contribution in [3.63, 3.8) is 0 Å². The van der Waals surface area contributed by atoms with E-state index in [4.69, 9.17) is 18.9 Å². The molecule has 1 aromatic rings. The zero-order valence-corrected chi connectivity index (χ0v) is 15.4. The molecule has 1 aromatic carbocycles. The predicted molar refractivity (Wildman–Crippen MR) is 96.3 cm³/mol. The Labute approximate surface area is 153 Å². The van der Waals surface area contributed by atoms with Gasteiger partial charge in [0.2, 0.25) is 0 Å². The third kappa shape index (κ3) is 7.04. The Morgan fingerprint density at radius 2 is 1.92 bits per heavy atom. The third-order valence-corrected chi connectivity index (χ3v) is 3.21. The quantitative estimate of drug-likeness (QED) is 0.475. The predicted octanol–water partition coefficient (Wildman–Crippen LogP) is 2.93. The lowest BCUT2D eigenvalue weighted by atomic mass is 10.2. The lowest BCUT2D eigenvalue weighted by molar-refractivity contribution is -0.137. The molecule has 1 heterocycles. The molecule has 0 radical (unpaired) electrons. The highest BCUT2D eigenvalue weighted by molar-refractivity contribution is 5.87. The minimum absolute atomic E-state index is 0.208. The van der Waals surface area contributed by atoms with Gasteiger partial charge in [-0.15, -0.1) is 0 Å². The number of ether oxygens (including phenoxy) is 4. The number of rotatable bonds is 6. The molecule has 0 unspecified atom stereocenters. The topological polar surface area (TPSA) is 83.1 Å². The highest BCUT2D eigenvalue weighted by Crippen LogP contribution is 2.31. The zero-order chi connectivity index (χ0) is 19.0. The second-order valence-corrected chi connectivity index (χ2v) is 6.69. The molecule has 1 N–H and O–H groups in total. The summed E-state index contributed by atoms with van der Waals surface area (Å²) in [5, 5.41) is 2.60. The Bertz CT molecular complexity index is 662. The maximum atomic E-state index is 11.7. The summed E-state index contributed by atoms with van der Waals surface area (Å²) < 4.78 is 21.1. The highest BCUT2D eigenvalue weighted by Gasteiger charge is 2.15. The van der Waals surface area contributed by atoms with E-state index in [-0.39, 0.29) is 6.61 Å². The highest BCUT2D eigenvalue weighted by atomic mass is 16.6. The first-order chi connectivity index (χ1) is 12.3.